The zero-order chi connectivity index (χ0) is 74.1. The van der Waals surface area contributed by atoms with Gasteiger partial charge in [-0.1, -0.05) is 142 Å². The second-order valence-corrected chi connectivity index (χ2v) is 34.7. The minimum atomic E-state index is -4.11. The number of anilines is 5. The van der Waals surface area contributed by atoms with Crippen molar-refractivity contribution in [2.75, 3.05) is 62.6 Å². The summed E-state index contributed by atoms with van der Waals surface area (Å²) in [6.07, 6.45) is 13.0. The summed E-state index contributed by atoms with van der Waals surface area (Å²) in [4.78, 5) is 24.5. The van der Waals surface area contributed by atoms with Gasteiger partial charge in [0.25, 0.3) is 0 Å². The van der Waals surface area contributed by atoms with Crippen LogP contribution in [0.5, 0.6) is 0 Å². The Hall–Kier alpha value is -6.33. The number of unbranched alkanes of at least 4 members (excludes halogenated alkanes) is 8. The number of azo groups is 1. The highest BCUT2D eigenvalue weighted by molar-refractivity contribution is 7.94. The maximum absolute atomic E-state index is 15.3. The molecule has 1 N–H and O–H groups in total. The minimum Gasteiger partial charge on any atom is -0.338 e. The molecule has 8 rings (SSSR count). The molecule has 0 bridgehead atoms. The molecule has 0 saturated heterocycles. The fourth-order valence-electron chi connectivity index (χ4n) is 12.1. The van der Waals surface area contributed by atoms with E-state index in [2.05, 4.69) is 25.2 Å². The first kappa shape index (κ1) is 81.3. The quantitative estimate of drug-likeness (QED) is 0.0161. The van der Waals surface area contributed by atoms with Gasteiger partial charge in [0, 0.05) is 62.9 Å². The van der Waals surface area contributed by atoms with Crippen molar-refractivity contribution in [2.24, 2.45) is 10.2 Å². The lowest BCUT2D eigenvalue weighted by Crippen LogP contribution is -2.34. The van der Waals surface area contributed by atoms with E-state index in [-0.39, 0.29) is 43.4 Å². The van der Waals surface area contributed by atoms with E-state index in [9.17, 15) is 13.7 Å². The highest BCUT2D eigenvalue weighted by Gasteiger charge is 2.34. The zero-order valence-electron chi connectivity index (χ0n) is 62.3. The van der Waals surface area contributed by atoms with Gasteiger partial charge in [-0.05, 0) is 182 Å². The van der Waals surface area contributed by atoms with Crippen molar-refractivity contribution in [1.82, 2.24) is 42.7 Å². The monoisotopic (exact) mass is 1510 g/mol. The van der Waals surface area contributed by atoms with Crippen molar-refractivity contribution in [1.29, 1.82) is 5.26 Å². The van der Waals surface area contributed by atoms with Crippen LogP contribution in [0.2, 0.25) is 0 Å². The molecule has 0 spiro atoms. The van der Waals surface area contributed by atoms with Gasteiger partial charge in [-0.2, -0.15) is 33.0 Å². The third-order valence-corrected chi connectivity index (χ3v) is 26.6. The molecule has 8 aromatic rings. The Balaban J connectivity index is 1.37. The van der Waals surface area contributed by atoms with Crippen LogP contribution >= 0.6 is 34.7 Å². The predicted molar refractivity (Wildman–Crippen MR) is 416 cm³/mol. The van der Waals surface area contributed by atoms with Crippen molar-refractivity contribution < 1.29 is 34.6 Å². The summed E-state index contributed by atoms with van der Waals surface area (Å²) in [5.74, 6) is 0.472. The molecule has 4 heterocycles. The van der Waals surface area contributed by atoms with E-state index in [1.807, 2.05) is 105 Å². The number of hydrogen-bond acceptors (Lipinski definition) is 21. The van der Waals surface area contributed by atoms with Gasteiger partial charge in [0.1, 0.15) is 23.1 Å². The first-order chi connectivity index (χ1) is 48.9. The Morgan fingerprint density at radius 3 is 1.67 bits per heavy atom. The lowest BCUT2D eigenvalue weighted by molar-refractivity contribution is -0.360. The van der Waals surface area contributed by atoms with Gasteiger partial charge in [-0.25, -0.2) is 40.2 Å². The SMILES string of the molecule is CCCCN(CCCC)OOSc1ccc2nc(-n3nc(C)c(C#N)c3N=Nc3c(C)cc(N(c4nc5ccc(S(=O)(=O)N(CCCC)CCCC)cc5s4)c4cc(S(=O)(=O)N(CCCC)CCCC)c(C)cc4C)nc3Nc3c(C)cc(C)c(S(=O)(=O)N(CCCC)CCCC)c3C)sc2c1. The fourth-order valence-corrected chi connectivity index (χ4v) is 20.0. The smallest absolute Gasteiger partial charge is 0.243 e. The van der Waals surface area contributed by atoms with E-state index in [0.717, 1.165) is 98.9 Å². The molecule has 554 valence electrons. The average Bonchev–Trinajstić information content (AvgIpc) is 1.06. The molecule has 0 saturated carbocycles. The highest BCUT2D eigenvalue weighted by atomic mass is 32.2. The van der Waals surface area contributed by atoms with Crippen molar-refractivity contribution in [3.8, 4) is 11.2 Å². The third kappa shape index (κ3) is 19.2. The molecule has 0 amide bonds. The molecule has 4 aromatic carbocycles. The molecule has 22 nitrogen and oxygen atoms in total. The Kier molecular flexibility index (Phi) is 30.0. The number of pyridine rings is 1. The largest absolute Gasteiger partial charge is 0.338 e. The van der Waals surface area contributed by atoms with Crippen molar-refractivity contribution in [2.45, 2.75) is 226 Å². The summed E-state index contributed by atoms with van der Waals surface area (Å²) in [7, 11) is -12.1. The number of aromatic nitrogens is 5. The van der Waals surface area contributed by atoms with E-state index < -0.39 is 30.1 Å². The number of rotatable bonds is 42. The molecule has 28 heteroatoms. The van der Waals surface area contributed by atoms with Gasteiger partial charge in [0.2, 0.25) is 35.2 Å². The summed E-state index contributed by atoms with van der Waals surface area (Å²) in [6, 6.07) is 20.2. The molecule has 102 heavy (non-hydrogen) atoms. The lowest BCUT2D eigenvalue weighted by Gasteiger charge is -2.28. The number of nitriles is 1. The van der Waals surface area contributed by atoms with E-state index in [4.69, 9.17) is 39.6 Å². The molecule has 0 fully saturated rings. The number of nitrogens with one attached hydrogen (secondary N) is 1. The molecular weight excluding hydrogens is 1410 g/mol. The van der Waals surface area contributed by atoms with Crippen LogP contribution in [0, 0.1) is 59.8 Å². The second-order valence-electron chi connectivity index (χ2n) is 26.2. The molecule has 0 aliphatic carbocycles. The van der Waals surface area contributed by atoms with Crippen molar-refractivity contribution >= 4 is 125 Å². The molecule has 0 aliphatic rings. The highest BCUT2D eigenvalue weighted by Crippen LogP contribution is 2.47. The molecule has 0 radical (unpaired) electrons. The third-order valence-electron chi connectivity index (χ3n) is 17.9. The standard InChI is InChI=1S/C74H104N14O8S6/c1-16-24-36-83(37-25-17-2)95-96-99-58-32-34-61-64(47-58)98-74(77-61)88-72(60(50-75)57(15)82-88)81-80-69-54(12)46-67(78-71(69)79-68-53(11)45-55(13)70(56(68)14)102(93,94)86(42-30-22-7)43-31-23-8)87(63-49-66(52(10)44-51(63)9)101(91,92)85(40-28-20-5)41-29-21-6)73-76-62-35-33-59(48-65(62)97-73)100(89,90)84(38-26-18-3)39-27-19-4/h32-35,44-49H,16-31,36-43H2,1-15H3,(H,78,79). The van der Waals surface area contributed by atoms with E-state index in [1.165, 1.54) is 27.4 Å². The average molecular weight is 1510 g/mol. The van der Waals surface area contributed by atoms with Gasteiger partial charge < -0.3 is 5.32 Å². The first-order valence-electron chi connectivity index (χ1n) is 36.2. The van der Waals surface area contributed by atoms with E-state index in [0.29, 0.717) is 154 Å². The number of thiazole rings is 2. The Bertz CT molecular complexity index is 4570. The van der Waals surface area contributed by atoms with Crippen LogP contribution in [0.4, 0.5) is 39.6 Å². The van der Waals surface area contributed by atoms with E-state index in [1.54, 1.807) is 68.9 Å². The Morgan fingerprint density at radius 2 is 1.09 bits per heavy atom. The summed E-state index contributed by atoms with van der Waals surface area (Å²) in [5.41, 5.74) is 6.28. The summed E-state index contributed by atoms with van der Waals surface area (Å²) in [5, 5.41) is 31.8. The zero-order valence-corrected chi connectivity index (χ0v) is 67.2. The number of fused-ring (bicyclic) bond motifs is 2. The molecule has 0 unspecified atom stereocenters. The van der Waals surface area contributed by atoms with Crippen LogP contribution in [-0.4, -0.2) is 120 Å². The maximum atomic E-state index is 15.3. The van der Waals surface area contributed by atoms with Gasteiger partial charge >= 0.3 is 0 Å². The van der Waals surface area contributed by atoms with Gasteiger partial charge in [0.15, 0.2) is 16.8 Å². The molecule has 0 aliphatic heterocycles. The van der Waals surface area contributed by atoms with Crippen LogP contribution in [0.15, 0.2) is 90.5 Å². The number of hydroxylamine groups is 2. The van der Waals surface area contributed by atoms with Crippen LogP contribution in [0.1, 0.15) is 203 Å². The van der Waals surface area contributed by atoms with E-state index >= 15 is 16.8 Å². The molecular formula is C74H104N14O8S6. The predicted octanol–water partition coefficient (Wildman–Crippen LogP) is 19.7. The number of benzene rings is 4. The van der Waals surface area contributed by atoms with Gasteiger partial charge in [-0.3, -0.25) is 4.90 Å². The fraction of sp³-hybridized carbons (Fsp3) is 0.527. The second kappa shape index (κ2) is 37.6. The number of nitrogens with zero attached hydrogens (tertiary/aromatic N) is 13. The summed E-state index contributed by atoms with van der Waals surface area (Å²) < 4.78 is 104. The first-order valence-corrected chi connectivity index (χ1v) is 42.9. The van der Waals surface area contributed by atoms with Crippen LogP contribution in [0.3, 0.4) is 0 Å². The minimum absolute atomic E-state index is 0.0941. The van der Waals surface area contributed by atoms with Crippen LogP contribution in [-0.2, 0) is 39.4 Å². The van der Waals surface area contributed by atoms with Crippen LogP contribution < -0.4 is 10.2 Å². The number of hydrogen-bond donors (Lipinski definition) is 1. The molecule has 0 atom stereocenters. The molecule has 4 aromatic heterocycles. The summed E-state index contributed by atoms with van der Waals surface area (Å²) >= 11 is 3.68. The lowest BCUT2D eigenvalue weighted by atomic mass is 10.0. The Labute approximate surface area is 618 Å². The number of sulfonamides is 3. The Morgan fingerprint density at radius 1 is 0.559 bits per heavy atom. The number of aryl methyl sites for hydroxylation is 6. The van der Waals surface area contributed by atoms with Crippen molar-refractivity contribution in [3.05, 3.63) is 105 Å². The van der Waals surface area contributed by atoms with Gasteiger partial charge in [0.05, 0.1) is 58.5 Å². The summed E-state index contributed by atoms with van der Waals surface area (Å²) in [6.45, 7) is 32.9. The maximum Gasteiger partial charge on any atom is 0.243 e. The normalized spacial score (nSPS) is 12.5. The topological polar surface area (TPSA) is 254 Å². The van der Waals surface area contributed by atoms with Gasteiger partial charge in [-0.15, -0.1) is 19.6 Å². The van der Waals surface area contributed by atoms with Crippen LogP contribution in [0.25, 0.3) is 25.6 Å². The van der Waals surface area contributed by atoms with Crippen molar-refractivity contribution in [3.63, 3.8) is 0 Å².